The van der Waals surface area contributed by atoms with Crippen LogP contribution in [0.1, 0.15) is 34.0 Å². The van der Waals surface area contributed by atoms with E-state index in [0.29, 0.717) is 19.0 Å². The highest BCUT2D eigenvalue weighted by molar-refractivity contribution is 7.10. The third-order valence-corrected chi connectivity index (χ3v) is 5.47. The number of rotatable bonds is 5. The maximum Gasteiger partial charge on any atom is 0.257 e. The van der Waals surface area contributed by atoms with Crippen molar-refractivity contribution < 1.29 is 13.6 Å². The Balaban J connectivity index is 1.43. The summed E-state index contributed by atoms with van der Waals surface area (Å²) < 4.78 is 27.1. The molecule has 1 aromatic heterocycles. The summed E-state index contributed by atoms with van der Waals surface area (Å²) in [5, 5.41) is 4.72. The van der Waals surface area contributed by atoms with Gasteiger partial charge in [-0.2, -0.15) is 0 Å². The minimum Gasteiger partial charge on any atom is -0.351 e. The summed E-state index contributed by atoms with van der Waals surface area (Å²) in [6.45, 7) is 3.04. The largest absolute Gasteiger partial charge is 0.351 e. The smallest absolute Gasteiger partial charge is 0.257 e. The fourth-order valence-electron chi connectivity index (χ4n) is 3.10. The number of likely N-dealkylation sites (tertiary alicyclic amines) is 1. The number of piperidine rings is 1. The van der Waals surface area contributed by atoms with E-state index in [0.717, 1.165) is 38.1 Å². The number of nitrogens with zero attached hydrogens (tertiary/aromatic N) is 1. The summed E-state index contributed by atoms with van der Waals surface area (Å²) in [5.74, 6) is -1.73. The first kappa shape index (κ1) is 17.0. The second-order valence-corrected chi connectivity index (χ2v) is 6.96. The number of thiophene rings is 1. The van der Waals surface area contributed by atoms with Gasteiger partial charge in [-0.15, -0.1) is 11.3 Å². The molecule has 1 aromatic carbocycles. The van der Waals surface area contributed by atoms with Gasteiger partial charge in [0.2, 0.25) is 0 Å². The molecule has 1 N–H and O–H groups in total. The lowest BCUT2D eigenvalue weighted by atomic mass is 9.95. The van der Waals surface area contributed by atoms with Crippen molar-refractivity contribution in [3.8, 4) is 0 Å². The van der Waals surface area contributed by atoms with E-state index in [-0.39, 0.29) is 0 Å². The van der Waals surface area contributed by atoms with Crippen molar-refractivity contribution in [3.05, 3.63) is 57.8 Å². The van der Waals surface area contributed by atoms with Crippen LogP contribution in [0.5, 0.6) is 0 Å². The number of amides is 1. The van der Waals surface area contributed by atoms with Crippen LogP contribution in [0.4, 0.5) is 8.78 Å². The fraction of sp³-hybridized carbons (Fsp3) is 0.389. The summed E-state index contributed by atoms with van der Waals surface area (Å²) in [6, 6.07) is 7.71. The van der Waals surface area contributed by atoms with Crippen LogP contribution in [0.15, 0.2) is 35.7 Å². The van der Waals surface area contributed by atoms with Gasteiger partial charge in [0.1, 0.15) is 17.2 Å². The Morgan fingerprint density at radius 3 is 2.50 bits per heavy atom. The molecule has 128 valence electrons. The van der Waals surface area contributed by atoms with Gasteiger partial charge >= 0.3 is 0 Å². The van der Waals surface area contributed by atoms with Crippen molar-refractivity contribution in [1.29, 1.82) is 0 Å². The van der Waals surface area contributed by atoms with Crippen molar-refractivity contribution in [1.82, 2.24) is 10.2 Å². The van der Waals surface area contributed by atoms with E-state index < -0.39 is 23.1 Å². The van der Waals surface area contributed by atoms with Crippen molar-refractivity contribution >= 4 is 17.2 Å². The molecule has 0 saturated carbocycles. The van der Waals surface area contributed by atoms with E-state index in [4.69, 9.17) is 0 Å². The Morgan fingerprint density at radius 1 is 1.17 bits per heavy atom. The number of hydrogen-bond donors (Lipinski definition) is 1. The molecule has 24 heavy (non-hydrogen) atoms. The predicted octanol–water partition coefficient (Wildman–Crippen LogP) is 3.64. The van der Waals surface area contributed by atoms with E-state index in [1.54, 1.807) is 11.3 Å². The van der Waals surface area contributed by atoms with E-state index in [1.807, 2.05) is 0 Å². The third-order valence-electron chi connectivity index (χ3n) is 4.44. The Bertz CT molecular complexity index is 662. The minimum atomic E-state index is -0.829. The van der Waals surface area contributed by atoms with Gasteiger partial charge in [-0.3, -0.25) is 4.79 Å². The third kappa shape index (κ3) is 3.99. The van der Waals surface area contributed by atoms with E-state index in [9.17, 15) is 13.6 Å². The van der Waals surface area contributed by atoms with Gasteiger partial charge in [0, 0.05) is 18.0 Å². The van der Waals surface area contributed by atoms with Crippen LogP contribution in [-0.4, -0.2) is 37.0 Å². The molecule has 2 aromatic rings. The quantitative estimate of drug-likeness (QED) is 0.893. The number of carbonyl (C=O) groups is 1. The zero-order valence-electron chi connectivity index (χ0n) is 13.3. The van der Waals surface area contributed by atoms with Crippen molar-refractivity contribution in [2.45, 2.75) is 18.8 Å². The fourth-order valence-corrected chi connectivity index (χ4v) is 3.99. The van der Waals surface area contributed by atoms with E-state index in [2.05, 4.69) is 27.7 Å². The highest BCUT2D eigenvalue weighted by Gasteiger charge is 2.21. The van der Waals surface area contributed by atoms with Crippen LogP contribution < -0.4 is 5.32 Å². The number of hydrogen-bond acceptors (Lipinski definition) is 3. The number of carbonyl (C=O) groups excluding carboxylic acids is 1. The lowest BCUT2D eigenvalue weighted by molar-refractivity contribution is 0.0937. The van der Waals surface area contributed by atoms with Gasteiger partial charge < -0.3 is 10.2 Å². The molecule has 1 aliphatic heterocycles. The minimum absolute atomic E-state index is 0.385. The molecule has 0 unspecified atom stereocenters. The van der Waals surface area contributed by atoms with Crippen molar-refractivity contribution in [2.24, 2.45) is 0 Å². The molecular formula is C18H20F2N2OS. The maximum atomic E-state index is 13.6. The van der Waals surface area contributed by atoms with Crippen LogP contribution in [0.2, 0.25) is 0 Å². The molecule has 3 rings (SSSR count). The van der Waals surface area contributed by atoms with Gasteiger partial charge in [0.05, 0.1) is 0 Å². The van der Waals surface area contributed by atoms with Crippen LogP contribution in [0.25, 0.3) is 0 Å². The number of benzene rings is 1. The summed E-state index contributed by atoms with van der Waals surface area (Å²) in [5.41, 5.74) is -0.506. The van der Waals surface area contributed by atoms with Gasteiger partial charge in [-0.25, -0.2) is 8.78 Å². The predicted molar refractivity (Wildman–Crippen MR) is 91.4 cm³/mol. The van der Waals surface area contributed by atoms with Crippen molar-refractivity contribution in [2.75, 3.05) is 26.2 Å². The number of halogens is 2. The molecule has 0 atom stereocenters. The number of nitrogens with one attached hydrogen (secondary N) is 1. The molecule has 0 spiro atoms. The van der Waals surface area contributed by atoms with Crippen LogP contribution in [-0.2, 0) is 0 Å². The molecule has 3 nitrogen and oxygen atoms in total. The molecule has 0 bridgehead atoms. The summed E-state index contributed by atoms with van der Waals surface area (Å²) in [7, 11) is 0. The average Bonchev–Trinajstić information content (AvgIpc) is 3.10. The lowest BCUT2D eigenvalue weighted by Gasteiger charge is -2.31. The highest BCUT2D eigenvalue weighted by Crippen LogP contribution is 2.30. The SMILES string of the molecule is O=C(NCCN1CCC(c2cccs2)CC1)c1c(F)cccc1F. The first-order valence-corrected chi connectivity index (χ1v) is 9.01. The maximum absolute atomic E-state index is 13.6. The Kier molecular flexibility index (Phi) is 5.58. The van der Waals surface area contributed by atoms with Gasteiger partial charge in [0.25, 0.3) is 5.91 Å². The Labute approximate surface area is 144 Å². The molecule has 1 saturated heterocycles. The normalized spacial score (nSPS) is 16.2. The van der Waals surface area contributed by atoms with Crippen molar-refractivity contribution in [3.63, 3.8) is 0 Å². The summed E-state index contributed by atoms with van der Waals surface area (Å²) >= 11 is 1.81. The van der Waals surface area contributed by atoms with Crippen LogP contribution >= 0.6 is 11.3 Å². The lowest BCUT2D eigenvalue weighted by Crippen LogP contribution is -2.39. The summed E-state index contributed by atoms with van der Waals surface area (Å²) in [6.07, 6.45) is 2.22. The van der Waals surface area contributed by atoms with Gasteiger partial charge in [-0.1, -0.05) is 12.1 Å². The van der Waals surface area contributed by atoms with E-state index in [1.165, 1.54) is 10.9 Å². The Morgan fingerprint density at radius 2 is 1.88 bits per heavy atom. The highest BCUT2D eigenvalue weighted by atomic mass is 32.1. The zero-order chi connectivity index (χ0) is 16.9. The second kappa shape index (κ2) is 7.85. The standard InChI is InChI=1S/C18H20F2N2OS/c19-14-3-1-4-15(20)17(14)18(23)21-8-11-22-9-6-13(7-10-22)16-5-2-12-24-16/h1-5,12-13H,6-11H2,(H,21,23). The first-order valence-electron chi connectivity index (χ1n) is 8.13. The van der Waals surface area contributed by atoms with Crippen LogP contribution in [0, 0.1) is 11.6 Å². The Hall–Kier alpha value is -1.79. The van der Waals surface area contributed by atoms with Gasteiger partial charge in [-0.05, 0) is 55.4 Å². The molecule has 1 fully saturated rings. The molecule has 6 heteroatoms. The summed E-state index contributed by atoms with van der Waals surface area (Å²) in [4.78, 5) is 15.6. The molecule has 0 aliphatic carbocycles. The first-order chi connectivity index (χ1) is 11.6. The van der Waals surface area contributed by atoms with E-state index >= 15 is 0 Å². The molecule has 1 amide bonds. The molecule has 0 radical (unpaired) electrons. The second-order valence-electron chi connectivity index (χ2n) is 5.98. The van der Waals surface area contributed by atoms with Crippen LogP contribution in [0.3, 0.4) is 0 Å². The zero-order valence-corrected chi connectivity index (χ0v) is 14.1. The molecular weight excluding hydrogens is 330 g/mol. The molecule has 1 aliphatic rings. The monoisotopic (exact) mass is 350 g/mol. The topological polar surface area (TPSA) is 32.3 Å². The molecule has 2 heterocycles. The average molecular weight is 350 g/mol. The van der Waals surface area contributed by atoms with Gasteiger partial charge in [0.15, 0.2) is 0 Å².